The van der Waals surface area contributed by atoms with Gasteiger partial charge in [-0.3, -0.25) is 0 Å². The average Bonchev–Trinajstić information content (AvgIpc) is 2.12. The number of hydrogen-bond acceptors (Lipinski definition) is 0. The van der Waals surface area contributed by atoms with Crippen molar-refractivity contribution in [2.75, 3.05) is 0 Å². The van der Waals surface area contributed by atoms with Gasteiger partial charge in [0.25, 0.3) is 0 Å². The zero-order valence-electron chi connectivity index (χ0n) is 16.7. The number of hydrogen-bond donors (Lipinski definition) is 0. The molecule has 0 rings (SSSR count). The van der Waals surface area contributed by atoms with E-state index in [1.165, 1.54) is 0 Å². The third-order valence-electron chi connectivity index (χ3n) is 3.58. The van der Waals surface area contributed by atoms with Gasteiger partial charge in [-0.2, -0.15) is 0 Å². The molecule has 0 bridgehead atoms. The second-order valence-corrected chi connectivity index (χ2v) is 15.4. The van der Waals surface area contributed by atoms with Gasteiger partial charge in [0, 0.05) is 20.1 Å². The zero-order valence-corrected chi connectivity index (χ0v) is 20.9. The van der Waals surface area contributed by atoms with E-state index >= 15 is 0 Å². The minimum Gasteiger partial charge on any atom is -0.0988 e. The Morgan fingerprint density at radius 3 is 0.429 bits per heavy atom. The molecule has 3 heteroatoms. The van der Waals surface area contributed by atoms with E-state index in [0.717, 1.165) is 34.0 Å². The third-order valence-corrected chi connectivity index (χ3v) is 10.7. The Bertz CT molecular complexity index is 161. The van der Waals surface area contributed by atoms with E-state index in [4.69, 9.17) is 0 Å². The van der Waals surface area contributed by atoms with E-state index in [2.05, 4.69) is 83.1 Å². The van der Waals surface area contributed by atoms with E-state index in [1.54, 1.807) is 0 Å². The molecule has 0 aliphatic rings. The van der Waals surface area contributed by atoms with Gasteiger partial charge in [-0.15, -0.1) is 0 Å². The fraction of sp³-hybridized carbons (Fsp3) is 1.00. The smallest absolute Gasteiger partial charge is 0 e. The summed E-state index contributed by atoms with van der Waals surface area (Å²) in [6.45, 7) is 28.2. The predicted molar refractivity (Wildman–Crippen MR) is 105 cm³/mol. The molecule has 0 heterocycles. The van der Waals surface area contributed by atoms with Gasteiger partial charge in [-0.25, -0.2) is 0 Å². The first-order valence-corrected chi connectivity index (χ1v) is 11.6. The standard InChI is InChI=1S/2C9H21P.Ir/c2*1-7(2)10(8(3)4)9(5)6;/h2*7-9H,1-6H3;. The minimum atomic E-state index is 0. The molecule has 0 unspecified atom stereocenters. The maximum absolute atomic E-state index is 2.35. The Labute approximate surface area is 152 Å². The van der Waals surface area contributed by atoms with Crippen LogP contribution in [0.1, 0.15) is 83.1 Å². The molecule has 0 amide bonds. The maximum Gasteiger partial charge on any atom is 0 e. The quantitative estimate of drug-likeness (QED) is 0.326. The molecule has 0 saturated carbocycles. The normalized spacial score (nSPS) is 12.0. The molecule has 0 aliphatic heterocycles. The summed E-state index contributed by atoms with van der Waals surface area (Å²) in [5.41, 5.74) is 5.39. The molecule has 0 aliphatic carbocycles. The molecule has 0 nitrogen and oxygen atoms in total. The third kappa shape index (κ3) is 12.6. The van der Waals surface area contributed by atoms with Gasteiger partial charge >= 0.3 is 0 Å². The Kier molecular flexibility index (Phi) is 18.1. The second-order valence-electron chi connectivity index (χ2n) is 7.46. The van der Waals surface area contributed by atoms with Gasteiger partial charge in [-0.1, -0.05) is 98.9 Å². The van der Waals surface area contributed by atoms with Crippen LogP contribution in [0.3, 0.4) is 0 Å². The van der Waals surface area contributed by atoms with E-state index in [-0.39, 0.29) is 35.9 Å². The summed E-state index contributed by atoms with van der Waals surface area (Å²) in [4.78, 5) is 0. The van der Waals surface area contributed by atoms with E-state index < -0.39 is 0 Å². The molecule has 0 atom stereocenters. The largest absolute Gasteiger partial charge is 0.0988 e. The van der Waals surface area contributed by atoms with E-state index in [9.17, 15) is 0 Å². The molecule has 133 valence electrons. The van der Waals surface area contributed by atoms with Crippen molar-refractivity contribution in [2.24, 2.45) is 0 Å². The molecule has 21 heavy (non-hydrogen) atoms. The summed E-state index contributed by atoms with van der Waals surface area (Å²) in [7, 11) is 0.525. The van der Waals surface area contributed by atoms with Crippen molar-refractivity contribution in [2.45, 2.75) is 117 Å². The Hall–Kier alpha value is 1.51. The van der Waals surface area contributed by atoms with Crippen molar-refractivity contribution in [3.05, 3.63) is 0 Å². The van der Waals surface area contributed by atoms with Crippen LogP contribution < -0.4 is 0 Å². The van der Waals surface area contributed by atoms with Crippen molar-refractivity contribution in [1.82, 2.24) is 0 Å². The Morgan fingerprint density at radius 1 is 0.333 bits per heavy atom. The summed E-state index contributed by atoms with van der Waals surface area (Å²) in [5, 5.41) is 0. The molecule has 0 saturated heterocycles. The molecular formula is C18H42IrP2. The molecule has 0 aromatic rings. The van der Waals surface area contributed by atoms with Crippen LogP contribution in [0.15, 0.2) is 0 Å². The molecule has 1 radical (unpaired) electrons. The number of rotatable bonds is 6. The van der Waals surface area contributed by atoms with Crippen LogP contribution in [0.2, 0.25) is 0 Å². The molecule has 0 aromatic heterocycles. The van der Waals surface area contributed by atoms with Crippen LogP contribution in [-0.4, -0.2) is 34.0 Å². The fourth-order valence-electron chi connectivity index (χ4n) is 3.58. The van der Waals surface area contributed by atoms with Crippen LogP contribution in [0.25, 0.3) is 0 Å². The van der Waals surface area contributed by atoms with Crippen LogP contribution in [0.4, 0.5) is 0 Å². The average molecular weight is 513 g/mol. The Morgan fingerprint density at radius 2 is 0.429 bits per heavy atom. The van der Waals surface area contributed by atoms with E-state index in [0.29, 0.717) is 0 Å². The maximum atomic E-state index is 2.35. The van der Waals surface area contributed by atoms with Crippen LogP contribution in [-0.2, 0) is 20.1 Å². The first kappa shape index (κ1) is 27.4. The minimum absolute atomic E-state index is 0. The van der Waals surface area contributed by atoms with Crippen molar-refractivity contribution >= 4 is 15.8 Å². The van der Waals surface area contributed by atoms with Crippen molar-refractivity contribution in [3.8, 4) is 0 Å². The summed E-state index contributed by atoms with van der Waals surface area (Å²) < 4.78 is 0. The van der Waals surface area contributed by atoms with Gasteiger partial charge < -0.3 is 0 Å². The van der Waals surface area contributed by atoms with Gasteiger partial charge in [-0.05, 0) is 34.0 Å². The fourth-order valence-corrected chi connectivity index (χ4v) is 10.7. The van der Waals surface area contributed by atoms with Gasteiger partial charge in [0.2, 0.25) is 0 Å². The predicted octanol–water partition coefficient (Wildman–Crippen LogP) is 7.38. The SMILES string of the molecule is CC(C)P(C(C)C)C(C)C.CC(C)P(C(C)C)C(C)C.[Ir]. The molecular weight excluding hydrogens is 470 g/mol. The molecule has 0 spiro atoms. The topological polar surface area (TPSA) is 0 Å². The van der Waals surface area contributed by atoms with Gasteiger partial charge in [0.05, 0.1) is 0 Å². The zero-order chi connectivity index (χ0) is 16.6. The monoisotopic (exact) mass is 513 g/mol. The van der Waals surface area contributed by atoms with Crippen LogP contribution in [0.5, 0.6) is 0 Å². The Balaban J connectivity index is -0.000000295. The van der Waals surface area contributed by atoms with Crippen molar-refractivity contribution < 1.29 is 20.1 Å². The summed E-state index contributed by atoms with van der Waals surface area (Å²) in [6.07, 6.45) is 0. The summed E-state index contributed by atoms with van der Waals surface area (Å²) in [5.74, 6) is 0. The first-order chi connectivity index (χ1) is 8.93. The van der Waals surface area contributed by atoms with E-state index in [1.807, 2.05) is 0 Å². The molecule has 0 N–H and O–H groups in total. The van der Waals surface area contributed by atoms with Crippen LogP contribution >= 0.6 is 15.8 Å². The molecule has 0 aromatic carbocycles. The molecule has 0 fully saturated rings. The van der Waals surface area contributed by atoms with Crippen molar-refractivity contribution in [3.63, 3.8) is 0 Å². The van der Waals surface area contributed by atoms with Crippen molar-refractivity contribution in [1.29, 1.82) is 0 Å². The summed E-state index contributed by atoms with van der Waals surface area (Å²) >= 11 is 0. The first-order valence-electron chi connectivity index (χ1n) is 8.48. The summed E-state index contributed by atoms with van der Waals surface area (Å²) in [6, 6.07) is 0. The van der Waals surface area contributed by atoms with Gasteiger partial charge in [0.15, 0.2) is 0 Å². The second kappa shape index (κ2) is 13.9. The van der Waals surface area contributed by atoms with Crippen LogP contribution in [0, 0.1) is 0 Å². The van der Waals surface area contributed by atoms with Gasteiger partial charge in [0.1, 0.15) is 0 Å².